The summed E-state index contributed by atoms with van der Waals surface area (Å²) in [6.07, 6.45) is 2.84. The highest BCUT2D eigenvalue weighted by Gasteiger charge is 2.14. The Kier molecular flexibility index (Phi) is 5.62. The topological polar surface area (TPSA) is 29.1 Å². The van der Waals surface area contributed by atoms with Crippen LogP contribution < -0.4 is 5.32 Å². The summed E-state index contributed by atoms with van der Waals surface area (Å²) in [6, 6.07) is 4.27. The number of amides is 1. The lowest BCUT2D eigenvalue weighted by atomic mass is 10.1. The number of carbonyl (C=O) groups excluding carboxylic acids is 1. The first-order chi connectivity index (χ1) is 8.08. The number of carbonyl (C=O) groups is 1. The molecule has 94 valence electrons. The van der Waals surface area contributed by atoms with E-state index in [-0.39, 0.29) is 11.9 Å². The lowest BCUT2D eigenvalue weighted by Gasteiger charge is -2.16. The van der Waals surface area contributed by atoms with Gasteiger partial charge in [-0.3, -0.25) is 4.79 Å². The van der Waals surface area contributed by atoms with Crippen molar-refractivity contribution in [1.29, 1.82) is 0 Å². The van der Waals surface area contributed by atoms with Crippen molar-refractivity contribution in [2.45, 2.75) is 39.2 Å². The average Bonchev–Trinajstić information content (AvgIpc) is 2.31. The predicted octanol–water partition coefficient (Wildman–Crippen LogP) is 3.90. The molecule has 1 rings (SSSR count). The summed E-state index contributed by atoms with van der Waals surface area (Å²) < 4.78 is 13.7. The number of hydrogen-bond donors (Lipinski definition) is 1. The van der Waals surface area contributed by atoms with Crippen LogP contribution in [-0.4, -0.2) is 11.9 Å². The van der Waals surface area contributed by atoms with E-state index in [4.69, 9.17) is 0 Å². The minimum atomic E-state index is -0.401. The van der Waals surface area contributed by atoms with Crippen molar-refractivity contribution in [3.05, 3.63) is 34.1 Å². The molecule has 1 aromatic carbocycles. The van der Waals surface area contributed by atoms with Gasteiger partial charge in [0.25, 0.3) is 5.91 Å². The Morgan fingerprint density at radius 2 is 2.18 bits per heavy atom. The number of rotatable bonds is 5. The normalized spacial score (nSPS) is 12.2. The molecule has 17 heavy (non-hydrogen) atoms. The van der Waals surface area contributed by atoms with Crippen LogP contribution in [0.4, 0.5) is 4.39 Å². The van der Waals surface area contributed by atoms with Crippen molar-refractivity contribution >= 4 is 21.8 Å². The van der Waals surface area contributed by atoms with Gasteiger partial charge in [0.2, 0.25) is 0 Å². The molecule has 0 radical (unpaired) electrons. The van der Waals surface area contributed by atoms with E-state index in [1.165, 1.54) is 12.1 Å². The highest BCUT2D eigenvalue weighted by Crippen LogP contribution is 2.18. The second-order valence-corrected chi connectivity index (χ2v) is 4.85. The molecular formula is C13H17BrFNO. The molecule has 1 atom stereocenters. The summed E-state index contributed by atoms with van der Waals surface area (Å²) in [4.78, 5) is 12.0. The van der Waals surface area contributed by atoms with Gasteiger partial charge in [0, 0.05) is 10.5 Å². The molecule has 2 nitrogen and oxygen atoms in total. The smallest absolute Gasteiger partial charge is 0.252 e. The van der Waals surface area contributed by atoms with Crippen LogP contribution in [0.3, 0.4) is 0 Å². The molecule has 0 aliphatic heterocycles. The molecule has 0 fully saturated rings. The Labute approximate surface area is 110 Å². The second kappa shape index (κ2) is 6.74. The van der Waals surface area contributed by atoms with E-state index >= 15 is 0 Å². The van der Waals surface area contributed by atoms with Crippen LogP contribution >= 0.6 is 15.9 Å². The molecule has 0 aliphatic carbocycles. The van der Waals surface area contributed by atoms with E-state index in [9.17, 15) is 9.18 Å². The first-order valence-corrected chi connectivity index (χ1v) is 6.63. The number of benzene rings is 1. The fourth-order valence-electron chi connectivity index (χ4n) is 1.66. The van der Waals surface area contributed by atoms with E-state index < -0.39 is 5.82 Å². The molecule has 0 aliphatic rings. The maximum absolute atomic E-state index is 13.1. The van der Waals surface area contributed by atoms with Crippen LogP contribution in [0.25, 0.3) is 0 Å². The molecule has 0 bridgehead atoms. The summed E-state index contributed by atoms with van der Waals surface area (Å²) in [7, 11) is 0. The van der Waals surface area contributed by atoms with Gasteiger partial charge in [-0.05, 0) is 47.0 Å². The zero-order valence-electron chi connectivity index (χ0n) is 10.1. The summed E-state index contributed by atoms with van der Waals surface area (Å²) in [6.45, 7) is 4.11. The highest BCUT2D eigenvalue weighted by molar-refractivity contribution is 9.10. The zero-order valence-corrected chi connectivity index (χ0v) is 11.7. The van der Waals surface area contributed by atoms with Crippen LogP contribution in [0.15, 0.2) is 22.7 Å². The van der Waals surface area contributed by atoms with Crippen molar-refractivity contribution in [3.8, 4) is 0 Å². The van der Waals surface area contributed by atoms with E-state index in [1.807, 2.05) is 6.92 Å². The Balaban J connectivity index is 2.78. The summed E-state index contributed by atoms with van der Waals surface area (Å²) in [5.41, 5.74) is 0.347. The molecule has 0 aromatic heterocycles. The van der Waals surface area contributed by atoms with Gasteiger partial charge in [-0.2, -0.15) is 0 Å². The predicted molar refractivity (Wildman–Crippen MR) is 70.6 cm³/mol. The lowest BCUT2D eigenvalue weighted by Crippen LogP contribution is -2.34. The molecule has 0 spiro atoms. The number of nitrogens with one attached hydrogen (secondary N) is 1. The summed E-state index contributed by atoms with van der Waals surface area (Å²) >= 11 is 3.25. The molecule has 0 saturated carbocycles. The minimum absolute atomic E-state index is 0.155. The van der Waals surface area contributed by atoms with Crippen LogP contribution in [-0.2, 0) is 0 Å². The molecule has 1 amide bonds. The quantitative estimate of drug-likeness (QED) is 0.878. The molecule has 0 saturated heterocycles. The molecule has 0 heterocycles. The molecule has 1 unspecified atom stereocenters. The van der Waals surface area contributed by atoms with E-state index in [0.717, 1.165) is 19.3 Å². The van der Waals surface area contributed by atoms with Crippen molar-refractivity contribution in [3.63, 3.8) is 0 Å². The van der Waals surface area contributed by atoms with E-state index in [1.54, 1.807) is 6.07 Å². The third-order valence-electron chi connectivity index (χ3n) is 2.64. The Morgan fingerprint density at radius 1 is 1.47 bits per heavy atom. The van der Waals surface area contributed by atoms with Crippen LogP contribution in [0.5, 0.6) is 0 Å². The molecule has 4 heteroatoms. The third kappa shape index (κ3) is 4.11. The van der Waals surface area contributed by atoms with Gasteiger partial charge < -0.3 is 5.32 Å². The van der Waals surface area contributed by atoms with Gasteiger partial charge in [-0.25, -0.2) is 4.39 Å². The van der Waals surface area contributed by atoms with Crippen molar-refractivity contribution < 1.29 is 9.18 Å². The number of hydrogen-bond acceptors (Lipinski definition) is 1. The van der Waals surface area contributed by atoms with Gasteiger partial charge in [0.05, 0.1) is 5.56 Å². The fraction of sp³-hybridized carbons (Fsp3) is 0.462. The zero-order chi connectivity index (χ0) is 12.8. The monoisotopic (exact) mass is 301 g/mol. The maximum atomic E-state index is 13.1. The Bertz CT molecular complexity index is 395. The van der Waals surface area contributed by atoms with Crippen LogP contribution in [0.1, 0.15) is 43.5 Å². The van der Waals surface area contributed by atoms with Crippen LogP contribution in [0, 0.1) is 5.82 Å². The minimum Gasteiger partial charge on any atom is -0.349 e. The standard InChI is InChI=1S/C13H17BrFNO/c1-3-5-10(4-2)16-13(17)11-8-9(15)6-7-12(11)14/h6-8,10H,3-5H2,1-2H3,(H,16,17). The lowest BCUT2D eigenvalue weighted by molar-refractivity contribution is 0.0932. The molecule has 1 N–H and O–H groups in total. The molecular weight excluding hydrogens is 285 g/mol. The van der Waals surface area contributed by atoms with Gasteiger partial charge in [0.15, 0.2) is 0 Å². The van der Waals surface area contributed by atoms with Gasteiger partial charge in [0.1, 0.15) is 5.82 Å². The van der Waals surface area contributed by atoms with Crippen molar-refractivity contribution in [1.82, 2.24) is 5.32 Å². The largest absolute Gasteiger partial charge is 0.349 e. The van der Waals surface area contributed by atoms with E-state index in [2.05, 4.69) is 28.2 Å². The number of halogens is 2. The third-order valence-corrected chi connectivity index (χ3v) is 3.33. The maximum Gasteiger partial charge on any atom is 0.252 e. The van der Waals surface area contributed by atoms with Crippen molar-refractivity contribution in [2.24, 2.45) is 0 Å². The first kappa shape index (κ1) is 14.2. The summed E-state index contributed by atoms with van der Waals surface area (Å²) in [5.74, 6) is -0.626. The fourth-order valence-corrected chi connectivity index (χ4v) is 2.09. The Morgan fingerprint density at radius 3 is 2.76 bits per heavy atom. The molecule has 1 aromatic rings. The highest BCUT2D eigenvalue weighted by atomic mass is 79.9. The first-order valence-electron chi connectivity index (χ1n) is 5.84. The van der Waals surface area contributed by atoms with Crippen molar-refractivity contribution in [2.75, 3.05) is 0 Å². The van der Waals surface area contributed by atoms with E-state index in [0.29, 0.717) is 10.0 Å². The van der Waals surface area contributed by atoms with Gasteiger partial charge >= 0.3 is 0 Å². The second-order valence-electron chi connectivity index (χ2n) is 3.99. The Hall–Kier alpha value is -0.900. The van der Waals surface area contributed by atoms with Gasteiger partial charge in [-0.1, -0.05) is 20.3 Å². The summed E-state index contributed by atoms with van der Waals surface area (Å²) in [5, 5.41) is 2.92. The van der Waals surface area contributed by atoms with Crippen LogP contribution in [0.2, 0.25) is 0 Å². The van der Waals surface area contributed by atoms with Gasteiger partial charge in [-0.15, -0.1) is 0 Å². The average molecular weight is 302 g/mol. The SMILES string of the molecule is CCCC(CC)NC(=O)c1cc(F)ccc1Br.